The number of hydrogen-bond acceptors (Lipinski definition) is 2. The summed E-state index contributed by atoms with van der Waals surface area (Å²) >= 11 is 0. The van der Waals surface area contributed by atoms with E-state index in [-0.39, 0.29) is 11.8 Å². The number of carbonyl (C=O) groups excluding carboxylic acids is 2. The number of hydrogen-bond donors (Lipinski definition) is 2. The van der Waals surface area contributed by atoms with Gasteiger partial charge in [0.25, 0.3) is 5.91 Å². The lowest BCUT2D eigenvalue weighted by Crippen LogP contribution is -2.12. The van der Waals surface area contributed by atoms with E-state index in [1.807, 2.05) is 36.4 Å². The van der Waals surface area contributed by atoms with Gasteiger partial charge in [0.2, 0.25) is 5.91 Å². The zero-order valence-corrected chi connectivity index (χ0v) is 11.6. The van der Waals surface area contributed by atoms with E-state index < -0.39 is 0 Å². The molecule has 4 heteroatoms. The SMILES string of the molecule is O=C1CCCc2cc(NC(=O)c3ccccc3)ccc2N1. The van der Waals surface area contributed by atoms with Crippen molar-refractivity contribution in [2.24, 2.45) is 0 Å². The van der Waals surface area contributed by atoms with Gasteiger partial charge in [0, 0.05) is 23.4 Å². The van der Waals surface area contributed by atoms with E-state index in [9.17, 15) is 9.59 Å². The minimum absolute atomic E-state index is 0.0508. The molecule has 3 rings (SSSR count). The highest BCUT2D eigenvalue weighted by Gasteiger charge is 2.13. The maximum Gasteiger partial charge on any atom is 0.255 e. The molecule has 0 aliphatic carbocycles. The first-order valence-electron chi connectivity index (χ1n) is 7.01. The number of amides is 2. The molecule has 1 aliphatic rings. The highest BCUT2D eigenvalue weighted by molar-refractivity contribution is 6.04. The summed E-state index contributed by atoms with van der Waals surface area (Å²) in [5.41, 5.74) is 3.28. The molecule has 2 N–H and O–H groups in total. The van der Waals surface area contributed by atoms with E-state index >= 15 is 0 Å². The first kappa shape index (κ1) is 13.4. The Morgan fingerprint density at radius 1 is 1.05 bits per heavy atom. The predicted molar refractivity (Wildman–Crippen MR) is 82.4 cm³/mol. The van der Waals surface area contributed by atoms with Crippen LogP contribution in [0.25, 0.3) is 0 Å². The number of fused-ring (bicyclic) bond motifs is 1. The molecular weight excluding hydrogens is 264 g/mol. The zero-order valence-electron chi connectivity index (χ0n) is 11.6. The molecule has 2 amide bonds. The van der Waals surface area contributed by atoms with Gasteiger partial charge in [-0.2, -0.15) is 0 Å². The summed E-state index contributed by atoms with van der Waals surface area (Å²) in [5.74, 6) is -0.0805. The summed E-state index contributed by atoms with van der Waals surface area (Å²) in [6, 6.07) is 14.7. The van der Waals surface area contributed by atoms with Crippen LogP contribution >= 0.6 is 0 Å². The minimum atomic E-state index is -0.131. The lowest BCUT2D eigenvalue weighted by Gasteiger charge is -2.10. The molecule has 0 spiro atoms. The fourth-order valence-corrected chi connectivity index (χ4v) is 2.45. The maximum atomic E-state index is 12.1. The van der Waals surface area contributed by atoms with Crippen molar-refractivity contribution in [3.05, 3.63) is 59.7 Å². The molecule has 0 aromatic heterocycles. The van der Waals surface area contributed by atoms with Crippen molar-refractivity contribution in [2.45, 2.75) is 19.3 Å². The Morgan fingerprint density at radius 2 is 1.86 bits per heavy atom. The van der Waals surface area contributed by atoms with Gasteiger partial charge in [0.05, 0.1) is 0 Å². The summed E-state index contributed by atoms with van der Waals surface area (Å²) in [6.45, 7) is 0. The van der Waals surface area contributed by atoms with Crippen molar-refractivity contribution in [2.75, 3.05) is 10.6 Å². The largest absolute Gasteiger partial charge is 0.326 e. The highest BCUT2D eigenvalue weighted by Crippen LogP contribution is 2.25. The van der Waals surface area contributed by atoms with Crippen LogP contribution in [0.4, 0.5) is 11.4 Å². The minimum Gasteiger partial charge on any atom is -0.326 e. The molecule has 0 fully saturated rings. The molecule has 1 aliphatic heterocycles. The number of aryl methyl sites for hydroxylation is 1. The monoisotopic (exact) mass is 280 g/mol. The number of nitrogens with one attached hydrogen (secondary N) is 2. The Kier molecular flexibility index (Phi) is 3.69. The number of rotatable bonds is 2. The first-order valence-corrected chi connectivity index (χ1v) is 7.01. The van der Waals surface area contributed by atoms with E-state index in [2.05, 4.69) is 10.6 Å². The second-order valence-corrected chi connectivity index (χ2v) is 5.09. The van der Waals surface area contributed by atoms with Crippen LogP contribution in [0.15, 0.2) is 48.5 Å². The van der Waals surface area contributed by atoms with Gasteiger partial charge >= 0.3 is 0 Å². The molecular formula is C17H16N2O2. The number of carbonyl (C=O) groups is 2. The Bertz CT molecular complexity index is 680. The molecule has 0 radical (unpaired) electrons. The van der Waals surface area contributed by atoms with Crippen LogP contribution in [-0.4, -0.2) is 11.8 Å². The van der Waals surface area contributed by atoms with E-state index in [0.29, 0.717) is 12.0 Å². The first-order chi connectivity index (χ1) is 10.2. The molecule has 4 nitrogen and oxygen atoms in total. The topological polar surface area (TPSA) is 58.2 Å². The zero-order chi connectivity index (χ0) is 14.7. The van der Waals surface area contributed by atoms with Crippen molar-refractivity contribution in [3.63, 3.8) is 0 Å². The second kappa shape index (κ2) is 5.79. The Hall–Kier alpha value is -2.62. The van der Waals surface area contributed by atoms with Gasteiger partial charge < -0.3 is 10.6 Å². The number of anilines is 2. The molecule has 0 saturated heterocycles. The van der Waals surface area contributed by atoms with E-state index in [1.165, 1.54) is 0 Å². The standard InChI is InChI=1S/C17H16N2O2/c20-16-8-4-7-13-11-14(9-10-15(13)19-16)18-17(21)12-5-2-1-3-6-12/h1-3,5-6,9-11H,4,7-8H2,(H,18,21)(H,19,20). The quantitative estimate of drug-likeness (QED) is 0.887. The van der Waals surface area contributed by atoms with Crippen molar-refractivity contribution in [3.8, 4) is 0 Å². The number of benzene rings is 2. The average Bonchev–Trinajstić information content (AvgIpc) is 2.68. The van der Waals surface area contributed by atoms with Gasteiger partial charge in [0.1, 0.15) is 0 Å². The van der Waals surface area contributed by atoms with Crippen LogP contribution in [0.3, 0.4) is 0 Å². The summed E-state index contributed by atoms with van der Waals surface area (Å²) in [5, 5.41) is 5.77. The van der Waals surface area contributed by atoms with E-state index in [4.69, 9.17) is 0 Å². The lowest BCUT2D eigenvalue weighted by atomic mass is 10.1. The molecule has 106 valence electrons. The van der Waals surface area contributed by atoms with Crippen LogP contribution in [-0.2, 0) is 11.2 Å². The molecule has 1 heterocycles. The van der Waals surface area contributed by atoms with E-state index in [1.54, 1.807) is 12.1 Å². The van der Waals surface area contributed by atoms with Crippen molar-refractivity contribution in [1.29, 1.82) is 0 Å². The summed E-state index contributed by atoms with van der Waals surface area (Å²) in [4.78, 5) is 23.6. The lowest BCUT2D eigenvalue weighted by molar-refractivity contribution is -0.116. The molecule has 21 heavy (non-hydrogen) atoms. The van der Waals surface area contributed by atoms with Gasteiger partial charge in [-0.25, -0.2) is 0 Å². The Balaban J connectivity index is 1.80. The second-order valence-electron chi connectivity index (χ2n) is 5.09. The van der Waals surface area contributed by atoms with Crippen molar-refractivity contribution in [1.82, 2.24) is 0 Å². The van der Waals surface area contributed by atoms with Crippen LogP contribution < -0.4 is 10.6 Å². The van der Waals surface area contributed by atoms with Crippen LogP contribution in [0.2, 0.25) is 0 Å². The van der Waals surface area contributed by atoms with Gasteiger partial charge in [-0.3, -0.25) is 9.59 Å². The fraction of sp³-hybridized carbons (Fsp3) is 0.176. The summed E-state index contributed by atoms with van der Waals surface area (Å²) < 4.78 is 0. The summed E-state index contributed by atoms with van der Waals surface area (Å²) in [6.07, 6.45) is 2.21. The average molecular weight is 280 g/mol. The maximum absolute atomic E-state index is 12.1. The molecule has 0 saturated carbocycles. The van der Waals surface area contributed by atoms with Crippen molar-refractivity contribution < 1.29 is 9.59 Å². The normalized spacial score (nSPS) is 13.8. The fourth-order valence-electron chi connectivity index (χ4n) is 2.45. The van der Waals surface area contributed by atoms with Crippen LogP contribution in [0.5, 0.6) is 0 Å². The molecule has 0 atom stereocenters. The van der Waals surface area contributed by atoms with Gasteiger partial charge in [-0.05, 0) is 48.7 Å². The van der Waals surface area contributed by atoms with Gasteiger partial charge in [-0.15, -0.1) is 0 Å². The van der Waals surface area contributed by atoms with Gasteiger partial charge in [0.15, 0.2) is 0 Å². The molecule has 2 aromatic carbocycles. The molecule has 0 bridgehead atoms. The van der Waals surface area contributed by atoms with E-state index in [0.717, 1.165) is 29.8 Å². The molecule has 2 aromatic rings. The third-order valence-electron chi connectivity index (χ3n) is 3.52. The van der Waals surface area contributed by atoms with Crippen LogP contribution in [0.1, 0.15) is 28.8 Å². The third kappa shape index (κ3) is 3.11. The van der Waals surface area contributed by atoms with Crippen molar-refractivity contribution >= 4 is 23.2 Å². The Labute approximate surface area is 123 Å². The van der Waals surface area contributed by atoms with Gasteiger partial charge in [-0.1, -0.05) is 18.2 Å². The van der Waals surface area contributed by atoms with Crippen LogP contribution in [0, 0.1) is 0 Å². The summed E-state index contributed by atoms with van der Waals surface area (Å²) in [7, 11) is 0. The predicted octanol–water partition coefficient (Wildman–Crippen LogP) is 3.21. The highest BCUT2D eigenvalue weighted by atomic mass is 16.2. The smallest absolute Gasteiger partial charge is 0.255 e. The molecule has 0 unspecified atom stereocenters. The Morgan fingerprint density at radius 3 is 2.67 bits per heavy atom. The third-order valence-corrected chi connectivity index (χ3v) is 3.52.